The van der Waals surface area contributed by atoms with Gasteiger partial charge in [0.15, 0.2) is 0 Å². The molecule has 1 aliphatic rings. The second-order valence-electron chi connectivity index (χ2n) is 4.93. The first-order chi connectivity index (χ1) is 9.33. The SMILES string of the molecule is Cc1[nH]cnc1CNc1ccc(N2CCCC2)nc1. The molecule has 0 atom stereocenters. The van der Waals surface area contributed by atoms with Gasteiger partial charge in [0.2, 0.25) is 0 Å². The highest BCUT2D eigenvalue weighted by molar-refractivity contribution is 5.49. The van der Waals surface area contributed by atoms with Crippen LogP contribution in [0, 0.1) is 6.92 Å². The Hall–Kier alpha value is -2.04. The maximum absolute atomic E-state index is 4.52. The van der Waals surface area contributed by atoms with Crippen LogP contribution >= 0.6 is 0 Å². The van der Waals surface area contributed by atoms with Gasteiger partial charge in [-0.15, -0.1) is 0 Å². The van der Waals surface area contributed by atoms with E-state index in [1.165, 1.54) is 12.8 Å². The third-order valence-corrected chi connectivity index (χ3v) is 3.57. The first-order valence-corrected chi connectivity index (χ1v) is 6.76. The van der Waals surface area contributed by atoms with E-state index in [2.05, 4.69) is 37.3 Å². The lowest BCUT2D eigenvalue weighted by molar-refractivity contribution is 0.936. The minimum atomic E-state index is 0.722. The topological polar surface area (TPSA) is 56.8 Å². The van der Waals surface area contributed by atoms with Crippen LogP contribution in [0.5, 0.6) is 0 Å². The van der Waals surface area contributed by atoms with Crippen LogP contribution in [-0.4, -0.2) is 28.0 Å². The summed E-state index contributed by atoms with van der Waals surface area (Å²) in [6, 6.07) is 4.17. The first kappa shape index (κ1) is 12.0. The number of rotatable bonds is 4. The molecule has 2 aromatic rings. The van der Waals surface area contributed by atoms with Crippen LogP contribution in [0.4, 0.5) is 11.5 Å². The Morgan fingerprint density at radius 3 is 2.74 bits per heavy atom. The summed E-state index contributed by atoms with van der Waals surface area (Å²) in [4.78, 5) is 14.2. The van der Waals surface area contributed by atoms with Crippen LogP contribution < -0.4 is 10.2 Å². The molecule has 0 bridgehead atoms. The molecule has 0 radical (unpaired) electrons. The van der Waals surface area contributed by atoms with Crippen molar-refractivity contribution in [3.05, 3.63) is 36.0 Å². The minimum Gasteiger partial charge on any atom is -0.378 e. The fraction of sp³-hybridized carbons (Fsp3) is 0.429. The van der Waals surface area contributed by atoms with Gasteiger partial charge < -0.3 is 15.2 Å². The Morgan fingerprint density at radius 2 is 2.11 bits per heavy atom. The summed E-state index contributed by atoms with van der Waals surface area (Å²) >= 11 is 0. The third kappa shape index (κ3) is 2.70. The highest BCUT2D eigenvalue weighted by atomic mass is 15.2. The predicted octanol–water partition coefficient (Wildman–Crippen LogP) is 2.33. The lowest BCUT2D eigenvalue weighted by Gasteiger charge is -2.16. The second kappa shape index (κ2) is 5.30. The zero-order valence-electron chi connectivity index (χ0n) is 11.2. The average molecular weight is 257 g/mol. The van der Waals surface area contributed by atoms with Gasteiger partial charge in [-0.25, -0.2) is 9.97 Å². The van der Waals surface area contributed by atoms with E-state index in [0.717, 1.165) is 42.5 Å². The fourth-order valence-electron chi connectivity index (χ4n) is 2.38. The molecular weight excluding hydrogens is 238 g/mol. The molecule has 0 aromatic carbocycles. The molecule has 19 heavy (non-hydrogen) atoms. The number of hydrogen-bond acceptors (Lipinski definition) is 4. The zero-order valence-corrected chi connectivity index (χ0v) is 11.2. The molecule has 1 fully saturated rings. The Balaban J connectivity index is 1.61. The van der Waals surface area contributed by atoms with E-state index in [4.69, 9.17) is 0 Å². The molecule has 0 saturated carbocycles. The van der Waals surface area contributed by atoms with Crippen molar-refractivity contribution in [2.75, 3.05) is 23.3 Å². The van der Waals surface area contributed by atoms with Gasteiger partial charge in [0, 0.05) is 18.8 Å². The fourth-order valence-corrected chi connectivity index (χ4v) is 2.38. The molecule has 5 nitrogen and oxygen atoms in total. The van der Waals surface area contributed by atoms with Crippen molar-refractivity contribution in [2.24, 2.45) is 0 Å². The highest BCUT2D eigenvalue weighted by Gasteiger charge is 2.12. The first-order valence-electron chi connectivity index (χ1n) is 6.76. The van der Waals surface area contributed by atoms with Crippen molar-refractivity contribution >= 4 is 11.5 Å². The maximum atomic E-state index is 4.52. The normalized spacial score (nSPS) is 14.9. The van der Waals surface area contributed by atoms with E-state index in [1.54, 1.807) is 6.33 Å². The maximum Gasteiger partial charge on any atom is 0.128 e. The quantitative estimate of drug-likeness (QED) is 0.882. The number of aryl methyl sites for hydroxylation is 1. The Morgan fingerprint density at radius 1 is 1.26 bits per heavy atom. The molecular formula is C14H19N5. The molecule has 3 rings (SSSR count). The minimum absolute atomic E-state index is 0.722. The van der Waals surface area contributed by atoms with Crippen molar-refractivity contribution in [2.45, 2.75) is 26.3 Å². The summed E-state index contributed by atoms with van der Waals surface area (Å²) in [7, 11) is 0. The lowest BCUT2D eigenvalue weighted by atomic mass is 10.3. The molecule has 2 N–H and O–H groups in total. The van der Waals surface area contributed by atoms with E-state index < -0.39 is 0 Å². The Bertz CT molecular complexity index is 525. The summed E-state index contributed by atoms with van der Waals surface area (Å²) in [6.07, 6.45) is 6.18. The van der Waals surface area contributed by atoms with Crippen LogP contribution in [0.15, 0.2) is 24.7 Å². The Labute approximate surface area is 113 Å². The monoisotopic (exact) mass is 257 g/mol. The van der Waals surface area contributed by atoms with Crippen LogP contribution in [0.25, 0.3) is 0 Å². The van der Waals surface area contributed by atoms with Gasteiger partial charge in [-0.05, 0) is 31.9 Å². The summed E-state index contributed by atoms with van der Waals surface area (Å²) in [6.45, 7) is 5.01. The largest absolute Gasteiger partial charge is 0.378 e. The zero-order chi connectivity index (χ0) is 13.1. The summed E-state index contributed by atoms with van der Waals surface area (Å²) < 4.78 is 0. The molecule has 5 heteroatoms. The lowest BCUT2D eigenvalue weighted by Crippen LogP contribution is -2.18. The summed E-state index contributed by atoms with van der Waals surface area (Å²) in [5.41, 5.74) is 3.18. The van der Waals surface area contributed by atoms with Crippen molar-refractivity contribution in [3.8, 4) is 0 Å². The number of aromatic amines is 1. The number of hydrogen-bond donors (Lipinski definition) is 2. The van der Waals surface area contributed by atoms with Gasteiger partial charge in [-0.2, -0.15) is 0 Å². The highest BCUT2D eigenvalue weighted by Crippen LogP contribution is 2.19. The third-order valence-electron chi connectivity index (χ3n) is 3.57. The molecule has 1 saturated heterocycles. The van der Waals surface area contributed by atoms with Crippen molar-refractivity contribution in [3.63, 3.8) is 0 Å². The number of aromatic nitrogens is 3. The number of nitrogens with one attached hydrogen (secondary N) is 2. The molecule has 0 amide bonds. The number of anilines is 2. The Kier molecular flexibility index (Phi) is 3.35. The number of nitrogens with zero attached hydrogens (tertiary/aromatic N) is 3. The van der Waals surface area contributed by atoms with Gasteiger partial charge >= 0.3 is 0 Å². The van der Waals surface area contributed by atoms with Crippen molar-refractivity contribution < 1.29 is 0 Å². The van der Waals surface area contributed by atoms with Crippen LogP contribution in [0.1, 0.15) is 24.2 Å². The number of H-pyrrole nitrogens is 1. The molecule has 3 heterocycles. The van der Waals surface area contributed by atoms with Crippen LogP contribution in [0.3, 0.4) is 0 Å². The van der Waals surface area contributed by atoms with E-state index in [9.17, 15) is 0 Å². The smallest absolute Gasteiger partial charge is 0.128 e. The van der Waals surface area contributed by atoms with E-state index in [1.807, 2.05) is 13.1 Å². The molecule has 1 aliphatic heterocycles. The summed E-state index contributed by atoms with van der Waals surface area (Å²) in [5.74, 6) is 1.08. The van der Waals surface area contributed by atoms with Gasteiger partial charge in [0.1, 0.15) is 5.82 Å². The predicted molar refractivity (Wildman–Crippen MR) is 76.3 cm³/mol. The number of imidazole rings is 1. The van der Waals surface area contributed by atoms with Crippen LogP contribution in [0.2, 0.25) is 0 Å². The van der Waals surface area contributed by atoms with E-state index in [-0.39, 0.29) is 0 Å². The second-order valence-corrected chi connectivity index (χ2v) is 4.93. The van der Waals surface area contributed by atoms with Gasteiger partial charge in [-0.1, -0.05) is 0 Å². The molecule has 2 aromatic heterocycles. The van der Waals surface area contributed by atoms with Gasteiger partial charge in [0.05, 0.1) is 30.5 Å². The van der Waals surface area contributed by atoms with Crippen LogP contribution in [-0.2, 0) is 6.54 Å². The van der Waals surface area contributed by atoms with E-state index in [0.29, 0.717) is 0 Å². The number of pyridine rings is 1. The molecule has 0 aliphatic carbocycles. The molecule has 0 spiro atoms. The summed E-state index contributed by atoms with van der Waals surface area (Å²) in [5, 5.41) is 3.34. The van der Waals surface area contributed by atoms with Gasteiger partial charge in [-0.3, -0.25) is 0 Å². The van der Waals surface area contributed by atoms with Crippen molar-refractivity contribution in [1.29, 1.82) is 0 Å². The average Bonchev–Trinajstić information content (AvgIpc) is 3.09. The van der Waals surface area contributed by atoms with Crippen molar-refractivity contribution in [1.82, 2.24) is 15.0 Å². The standard InChI is InChI=1S/C14H19N5/c1-11-13(18-10-17-11)9-15-12-4-5-14(16-8-12)19-6-2-3-7-19/h4-5,8,10,15H,2-3,6-7,9H2,1H3,(H,17,18). The van der Waals surface area contributed by atoms with Gasteiger partial charge in [0.25, 0.3) is 0 Å². The molecule has 100 valence electrons. The molecule has 0 unspecified atom stereocenters. The van der Waals surface area contributed by atoms with E-state index >= 15 is 0 Å².